The number of hydrogen-bond donors (Lipinski definition) is 2. The lowest BCUT2D eigenvalue weighted by Crippen LogP contribution is -2.04. The lowest BCUT2D eigenvalue weighted by atomic mass is 10.0. The van der Waals surface area contributed by atoms with Gasteiger partial charge in [0, 0.05) is 18.3 Å². The van der Waals surface area contributed by atoms with Gasteiger partial charge in [-0.05, 0) is 42.7 Å². The van der Waals surface area contributed by atoms with Gasteiger partial charge in [-0.2, -0.15) is 0 Å². The van der Waals surface area contributed by atoms with Crippen molar-refractivity contribution >= 4 is 5.69 Å². The first-order valence-corrected chi connectivity index (χ1v) is 6.40. The second kappa shape index (κ2) is 5.69. The summed E-state index contributed by atoms with van der Waals surface area (Å²) in [4.78, 5) is 0. The molecule has 0 spiro atoms. The molecule has 2 nitrogen and oxygen atoms in total. The Morgan fingerprint density at radius 3 is 1.89 bits per heavy atom. The van der Waals surface area contributed by atoms with Crippen molar-refractivity contribution in [3.63, 3.8) is 0 Å². The highest BCUT2D eigenvalue weighted by Crippen LogP contribution is 2.23. The Hall–Kier alpha value is -1.80. The summed E-state index contributed by atoms with van der Waals surface area (Å²) in [5.41, 5.74) is 10.6. The zero-order chi connectivity index (χ0) is 13.0. The van der Waals surface area contributed by atoms with E-state index in [0.29, 0.717) is 0 Å². The fraction of sp³-hybridized carbons (Fsp3) is 0.250. The van der Waals surface area contributed by atoms with Gasteiger partial charge in [-0.3, -0.25) is 0 Å². The zero-order valence-electron chi connectivity index (χ0n) is 11.0. The van der Waals surface area contributed by atoms with Crippen molar-refractivity contribution in [2.24, 2.45) is 5.73 Å². The van der Waals surface area contributed by atoms with Gasteiger partial charge in [0.25, 0.3) is 0 Å². The van der Waals surface area contributed by atoms with Crippen molar-refractivity contribution in [1.29, 1.82) is 0 Å². The number of rotatable bonds is 4. The predicted octanol–water partition coefficient (Wildman–Crippen LogP) is 3.81. The maximum atomic E-state index is 5.85. The van der Waals surface area contributed by atoms with Crippen LogP contribution in [0.2, 0.25) is 0 Å². The highest BCUT2D eigenvalue weighted by Gasteiger charge is 2.01. The highest BCUT2D eigenvalue weighted by atomic mass is 14.8. The summed E-state index contributed by atoms with van der Waals surface area (Å²) >= 11 is 0. The minimum atomic E-state index is 0.0928. The van der Waals surface area contributed by atoms with Crippen molar-refractivity contribution in [3.8, 4) is 11.1 Å². The number of hydrogen-bond acceptors (Lipinski definition) is 2. The maximum absolute atomic E-state index is 5.85. The topological polar surface area (TPSA) is 38.0 Å². The molecule has 0 unspecified atom stereocenters. The van der Waals surface area contributed by atoms with Crippen molar-refractivity contribution in [3.05, 3.63) is 54.1 Å². The molecule has 1 atom stereocenters. The monoisotopic (exact) mass is 240 g/mol. The van der Waals surface area contributed by atoms with Gasteiger partial charge in [0.05, 0.1) is 0 Å². The van der Waals surface area contributed by atoms with Gasteiger partial charge in [-0.1, -0.05) is 36.4 Å². The Morgan fingerprint density at radius 1 is 0.944 bits per heavy atom. The predicted molar refractivity (Wildman–Crippen MR) is 78.6 cm³/mol. The molecule has 0 aliphatic rings. The molecule has 2 aromatic rings. The van der Waals surface area contributed by atoms with Gasteiger partial charge in [0.2, 0.25) is 0 Å². The van der Waals surface area contributed by atoms with Crippen LogP contribution in [0.3, 0.4) is 0 Å². The van der Waals surface area contributed by atoms with E-state index in [1.807, 2.05) is 6.92 Å². The number of nitrogens with one attached hydrogen (secondary N) is 1. The van der Waals surface area contributed by atoms with E-state index in [1.165, 1.54) is 16.7 Å². The van der Waals surface area contributed by atoms with Crippen LogP contribution in [0.15, 0.2) is 48.5 Å². The summed E-state index contributed by atoms with van der Waals surface area (Å²) in [5, 5.41) is 3.29. The number of anilines is 1. The summed E-state index contributed by atoms with van der Waals surface area (Å²) in [7, 11) is 0. The third-order valence-electron chi connectivity index (χ3n) is 3.04. The molecule has 2 heteroatoms. The fourth-order valence-corrected chi connectivity index (χ4v) is 1.96. The lowest BCUT2D eigenvalue weighted by Gasteiger charge is -2.08. The smallest absolute Gasteiger partial charge is 0.0340 e. The molecular weight excluding hydrogens is 220 g/mol. The molecule has 2 rings (SSSR count). The van der Waals surface area contributed by atoms with E-state index in [4.69, 9.17) is 5.73 Å². The summed E-state index contributed by atoms with van der Waals surface area (Å²) in [6.07, 6.45) is 0. The largest absolute Gasteiger partial charge is 0.385 e. The van der Waals surface area contributed by atoms with Crippen molar-refractivity contribution in [2.75, 3.05) is 11.9 Å². The normalized spacial score (nSPS) is 12.2. The van der Waals surface area contributed by atoms with Crippen LogP contribution in [-0.2, 0) is 0 Å². The molecule has 0 aliphatic carbocycles. The van der Waals surface area contributed by atoms with Gasteiger partial charge in [0.15, 0.2) is 0 Å². The van der Waals surface area contributed by atoms with Crippen molar-refractivity contribution in [2.45, 2.75) is 19.9 Å². The van der Waals surface area contributed by atoms with E-state index >= 15 is 0 Å². The Morgan fingerprint density at radius 2 is 1.44 bits per heavy atom. The lowest BCUT2D eigenvalue weighted by molar-refractivity contribution is 0.818. The molecule has 94 valence electrons. The van der Waals surface area contributed by atoms with E-state index in [2.05, 4.69) is 60.8 Å². The van der Waals surface area contributed by atoms with Crippen molar-refractivity contribution < 1.29 is 0 Å². The maximum Gasteiger partial charge on any atom is 0.0340 e. The summed E-state index contributed by atoms with van der Waals surface area (Å²) in [5.74, 6) is 0. The van der Waals surface area contributed by atoms with Crippen LogP contribution in [0.25, 0.3) is 11.1 Å². The van der Waals surface area contributed by atoms with Crippen LogP contribution >= 0.6 is 0 Å². The summed E-state index contributed by atoms with van der Waals surface area (Å²) < 4.78 is 0. The summed E-state index contributed by atoms with van der Waals surface area (Å²) in [6, 6.07) is 17.0. The van der Waals surface area contributed by atoms with Gasteiger partial charge in [-0.25, -0.2) is 0 Å². The Bertz CT molecular complexity index is 484. The van der Waals surface area contributed by atoms with Crippen LogP contribution in [0, 0.1) is 0 Å². The molecule has 0 heterocycles. The average molecular weight is 240 g/mol. The second-order valence-corrected chi connectivity index (χ2v) is 4.52. The molecule has 0 fully saturated rings. The molecule has 0 bridgehead atoms. The molecule has 0 amide bonds. The quantitative estimate of drug-likeness (QED) is 0.853. The first-order valence-electron chi connectivity index (χ1n) is 6.40. The van der Waals surface area contributed by atoms with Gasteiger partial charge >= 0.3 is 0 Å². The van der Waals surface area contributed by atoms with Crippen molar-refractivity contribution in [1.82, 2.24) is 0 Å². The van der Waals surface area contributed by atoms with E-state index in [-0.39, 0.29) is 6.04 Å². The Labute approximate surface area is 109 Å². The second-order valence-electron chi connectivity index (χ2n) is 4.52. The van der Waals surface area contributed by atoms with Gasteiger partial charge in [-0.15, -0.1) is 0 Å². The molecule has 0 saturated carbocycles. The first-order chi connectivity index (χ1) is 8.70. The standard InChI is InChI=1S/C16H20N2/c1-3-18-16-10-8-15(9-11-16)14-6-4-13(5-7-14)12(2)17/h4-12,18H,3,17H2,1-2H3/t12-/m0/s1. The Balaban J connectivity index is 2.20. The molecule has 2 aromatic carbocycles. The van der Waals surface area contributed by atoms with Crippen LogP contribution in [0.1, 0.15) is 25.5 Å². The number of nitrogens with two attached hydrogens (primary N) is 1. The first kappa shape index (κ1) is 12.7. The average Bonchev–Trinajstić information content (AvgIpc) is 2.40. The minimum Gasteiger partial charge on any atom is -0.385 e. The van der Waals surface area contributed by atoms with Crippen LogP contribution in [0.5, 0.6) is 0 Å². The highest BCUT2D eigenvalue weighted by molar-refractivity contribution is 5.66. The van der Waals surface area contributed by atoms with Gasteiger partial charge in [0.1, 0.15) is 0 Å². The molecule has 0 saturated heterocycles. The van der Waals surface area contributed by atoms with E-state index in [9.17, 15) is 0 Å². The third-order valence-corrected chi connectivity index (χ3v) is 3.04. The zero-order valence-corrected chi connectivity index (χ0v) is 11.0. The van der Waals surface area contributed by atoms with Crippen LogP contribution < -0.4 is 11.1 Å². The van der Waals surface area contributed by atoms with Crippen LogP contribution in [0.4, 0.5) is 5.69 Å². The molecule has 0 aromatic heterocycles. The third kappa shape index (κ3) is 2.90. The molecule has 18 heavy (non-hydrogen) atoms. The van der Waals surface area contributed by atoms with E-state index in [0.717, 1.165) is 12.2 Å². The Kier molecular flexibility index (Phi) is 4.00. The molecular formula is C16H20N2. The molecule has 0 aliphatic heterocycles. The van der Waals surface area contributed by atoms with Crippen LogP contribution in [-0.4, -0.2) is 6.54 Å². The van der Waals surface area contributed by atoms with E-state index < -0.39 is 0 Å². The van der Waals surface area contributed by atoms with Gasteiger partial charge < -0.3 is 11.1 Å². The number of benzene rings is 2. The minimum absolute atomic E-state index is 0.0928. The summed E-state index contributed by atoms with van der Waals surface area (Å²) in [6.45, 7) is 5.04. The molecule has 0 radical (unpaired) electrons. The van der Waals surface area contributed by atoms with E-state index in [1.54, 1.807) is 0 Å². The SMILES string of the molecule is CCNc1ccc(-c2ccc([C@H](C)N)cc2)cc1. The fourth-order valence-electron chi connectivity index (χ4n) is 1.96. The molecule has 3 N–H and O–H groups in total.